The molecule has 0 fully saturated rings. The van der Waals surface area contributed by atoms with Crippen LogP contribution >= 0.6 is 0 Å². The molecule has 1 aromatic heterocycles. The van der Waals surface area contributed by atoms with E-state index in [9.17, 15) is 9.59 Å². The van der Waals surface area contributed by atoms with Crippen LogP contribution in [0.4, 0.5) is 4.79 Å². The van der Waals surface area contributed by atoms with Crippen molar-refractivity contribution in [2.45, 2.75) is 38.8 Å². The number of nitrogens with one attached hydrogen (secondary N) is 1. The number of methoxy groups -OCH3 is 2. The Morgan fingerprint density at radius 1 is 1.21 bits per heavy atom. The van der Waals surface area contributed by atoms with Gasteiger partial charge < -0.3 is 24.3 Å². The molecule has 9 heteroatoms. The monoisotopic (exact) mass is 455 g/mol. The Bertz CT molecular complexity index is 1050. The van der Waals surface area contributed by atoms with Crippen LogP contribution in [-0.4, -0.2) is 65.5 Å². The van der Waals surface area contributed by atoms with Gasteiger partial charge in [-0.3, -0.25) is 4.79 Å². The van der Waals surface area contributed by atoms with Gasteiger partial charge >= 0.3 is 6.03 Å². The number of hydrogen-bond donors (Lipinski definition) is 1. The van der Waals surface area contributed by atoms with E-state index in [1.54, 1.807) is 21.3 Å². The first-order valence-electron chi connectivity index (χ1n) is 10.8. The van der Waals surface area contributed by atoms with Gasteiger partial charge in [0.2, 0.25) is 0 Å². The number of likely N-dealkylation sites (N-methyl/N-ethyl adjacent to an activating group) is 1. The van der Waals surface area contributed by atoms with Crippen LogP contribution < -0.4 is 14.8 Å². The summed E-state index contributed by atoms with van der Waals surface area (Å²) in [4.78, 5) is 27.3. The lowest BCUT2D eigenvalue weighted by Crippen LogP contribution is -2.49. The maximum absolute atomic E-state index is 13.4. The molecule has 0 bridgehead atoms. The maximum Gasteiger partial charge on any atom is 0.318 e. The van der Waals surface area contributed by atoms with E-state index in [4.69, 9.17) is 14.6 Å². The van der Waals surface area contributed by atoms with E-state index in [-0.39, 0.29) is 18.5 Å². The fourth-order valence-corrected chi connectivity index (χ4v) is 3.76. The molecule has 0 radical (unpaired) electrons. The molecule has 1 atom stereocenters. The number of amides is 3. The van der Waals surface area contributed by atoms with Gasteiger partial charge in [-0.1, -0.05) is 0 Å². The zero-order valence-corrected chi connectivity index (χ0v) is 20.4. The minimum absolute atomic E-state index is 0.116. The van der Waals surface area contributed by atoms with Crippen molar-refractivity contribution < 1.29 is 19.1 Å². The number of rotatable bonds is 6. The van der Waals surface area contributed by atoms with Crippen molar-refractivity contribution in [3.05, 3.63) is 47.8 Å². The Kier molecular flexibility index (Phi) is 7.00. The van der Waals surface area contributed by atoms with E-state index in [1.165, 1.54) is 9.91 Å². The fourth-order valence-electron chi connectivity index (χ4n) is 3.76. The molecular formula is C24H33N5O4. The second-order valence-electron chi connectivity index (χ2n) is 9.15. The van der Waals surface area contributed by atoms with Crippen LogP contribution in [0, 0.1) is 0 Å². The highest BCUT2D eigenvalue weighted by Gasteiger charge is 2.36. The summed E-state index contributed by atoms with van der Waals surface area (Å²) in [5, 5.41) is 9.02. The van der Waals surface area contributed by atoms with Crippen LogP contribution in [0.3, 0.4) is 0 Å². The third-order valence-corrected chi connectivity index (χ3v) is 5.40. The Morgan fingerprint density at radius 3 is 2.52 bits per heavy atom. The van der Waals surface area contributed by atoms with Crippen LogP contribution in [0.5, 0.6) is 11.5 Å². The van der Waals surface area contributed by atoms with Gasteiger partial charge in [0.1, 0.15) is 18.0 Å². The summed E-state index contributed by atoms with van der Waals surface area (Å²) < 4.78 is 13.0. The van der Waals surface area contributed by atoms with E-state index in [2.05, 4.69) is 5.32 Å². The molecule has 33 heavy (non-hydrogen) atoms. The summed E-state index contributed by atoms with van der Waals surface area (Å²) in [5.74, 6) is 1.01. The highest BCUT2D eigenvalue weighted by Crippen LogP contribution is 2.39. The van der Waals surface area contributed by atoms with Gasteiger partial charge in [-0.2, -0.15) is 5.10 Å². The number of aryl methyl sites for hydroxylation is 1. The Hall–Kier alpha value is -3.49. The summed E-state index contributed by atoms with van der Waals surface area (Å²) in [6, 6.07) is 8.68. The lowest BCUT2D eigenvalue weighted by atomic mass is 9.99. The van der Waals surface area contributed by atoms with Crippen molar-refractivity contribution >= 4 is 17.6 Å². The zero-order chi connectivity index (χ0) is 24.3. The average Bonchev–Trinajstić information content (AvgIpc) is 3.38. The largest absolute Gasteiger partial charge is 0.497 e. The molecule has 1 N–H and O–H groups in total. The third-order valence-electron chi connectivity index (χ3n) is 5.40. The smallest absolute Gasteiger partial charge is 0.318 e. The number of carbonyl (C=O) groups is 2. The number of nitrogens with zero attached hydrogens (tertiary/aromatic N) is 4. The zero-order valence-electron chi connectivity index (χ0n) is 20.4. The first-order chi connectivity index (χ1) is 15.5. The molecule has 0 saturated carbocycles. The number of aromatic nitrogens is 1. The second kappa shape index (κ2) is 9.56. The Morgan fingerprint density at radius 2 is 1.94 bits per heavy atom. The van der Waals surface area contributed by atoms with Crippen molar-refractivity contribution in [2.24, 2.45) is 12.1 Å². The first-order valence-corrected chi connectivity index (χ1v) is 10.8. The first kappa shape index (κ1) is 24.2. The van der Waals surface area contributed by atoms with Crippen molar-refractivity contribution in [1.82, 2.24) is 19.8 Å². The molecule has 1 aliphatic rings. The van der Waals surface area contributed by atoms with E-state index in [1.807, 2.05) is 68.9 Å². The minimum atomic E-state index is -0.406. The predicted molar refractivity (Wildman–Crippen MR) is 127 cm³/mol. The molecular weight excluding hydrogens is 422 g/mol. The molecule has 0 saturated heterocycles. The van der Waals surface area contributed by atoms with E-state index in [0.717, 1.165) is 17.0 Å². The summed E-state index contributed by atoms with van der Waals surface area (Å²) in [6.07, 6.45) is 2.44. The summed E-state index contributed by atoms with van der Waals surface area (Å²) in [5.41, 5.74) is 2.10. The summed E-state index contributed by atoms with van der Waals surface area (Å²) in [6.45, 7) is 5.56. The quantitative estimate of drug-likeness (QED) is 0.725. The summed E-state index contributed by atoms with van der Waals surface area (Å²) >= 11 is 0. The molecule has 2 heterocycles. The van der Waals surface area contributed by atoms with Gasteiger partial charge in [-0.05, 0) is 51.1 Å². The van der Waals surface area contributed by atoms with E-state index < -0.39 is 11.6 Å². The van der Waals surface area contributed by atoms with E-state index >= 15 is 0 Å². The lowest BCUT2D eigenvalue weighted by molar-refractivity contribution is -0.133. The Balaban J connectivity index is 1.94. The number of urea groups is 1. The predicted octanol–water partition coefficient (Wildman–Crippen LogP) is 3.16. The van der Waals surface area contributed by atoms with Crippen molar-refractivity contribution in [1.29, 1.82) is 0 Å². The molecule has 1 aliphatic heterocycles. The number of hydrazone groups is 1. The standard InChI is InChI=1S/C24H33N5O4/c1-24(2,3)25-23(31)28(5)15-22(30)29-20(14-18(26-29)19-9-8-12-27(19)4)17-13-16(32-6)10-11-21(17)33-7/h8-13,20H,14-15H2,1-7H3,(H,25,31). The maximum atomic E-state index is 13.4. The van der Waals surface area contributed by atoms with Crippen molar-refractivity contribution in [3.63, 3.8) is 0 Å². The number of benzene rings is 1. The van der Waals surface area contributed by atoms with Gasteiger partial charge in [-0.25, -0.2) is 9.80 Å². The molecule has 1 unspecified atom stereocenters. The molecule has 0 aliphatic carbocycles. The van der Waals surface area contributed by atoms with Crippen LogP contribution in [0.1, 0.15) is 44.5 Å². The van der Waals surface area contributed by atoms with Crippen molar-refractivity contribution in [3.8, 4) is 11.5 Å². The van der Waals surface area contributed by atoms with Crippen LogP contribution in [0.15, 0.2) is 41.6 Å². The van der Waals surface area contributed by atoms with Crippen molar-refractivity contribution in [2.75, 3.05) is 27.8 Å². The SMILES string of the molecule is COc1ccc(OC)c(C2CC(c3cccn3C)=NN2C(=O)CN(C)C(=O)NC(C)(C)C)c1. The lowest BCUT2D eigenvalue weighted by Gasteiger charge is -2.28. The van der Waals surface area contributed by atoms with Gasteiger partial charge in [0.05, 0.1) is 31.7 Å². The second-order valence-corrected chi connectivity index (χ2v) is 9.15. The average molecular weight is 456 g/mol. The number of ether oxygens (including phenoxy) is 2. The molecule has 9 nitrogen and oxygen atoms in total. The summed E-state index contributed by atoms with van der Waals surface area (Å²) in [7, 11) is 6.72. The van der Waals surface area contributed by atoms with Crippen LogP contribution in [0.2, 0.25) is 0 Å². The molecule has 3 rings (SSSR count). The normalized spacial score (nSPS) is 15.8. The third kappa shape index (κ3) is 5.47. The molecule has 3 amide bonds. The topological polar surface area (TPSA) is 88.4 Å². The molecule has 2 aromatic rings. The van der Waals surface area contributed by atoms with Crippen LogP contribution in [0.25, 0.3) is 0 Å². The van der Waals surface area contributed by atoms with Gasteiger partial charge in [-0.15, -0.1) is 0 Å². The fraction of sp³-hybridized carbons (Fsp3) is 0.458. The number of carbonyl (C=O) groups excluding carboxylic acids is 2. The highest BCUT2D eigenvalue weighted by molar-refractivity contribution is 6.02. The number of hydrogen-bond acceptors (Lipinski definition) is 5. The Labute approximate surface area is 194 Å². The molecule has 1 aromatic carbocycles. The molecule has 178 valence electrons. The van der Waals surface area contributed by atoms with Gasteiger partial charge in [0, 0.05) is 37.8 Å². The highest BCUT2D eigenvalue weighted by atomic mass is 16.5. The minimum Gasteiger partial charge on any atom is -0.497 e. The van der Waals surface area contributed by atoms with E-state index in [0.29, 0.717) is 17.9 Å². The van der Waals surface area contributed by atoms with Crippen LogP contribution in [-0.2, 0) is 11.8 Å². The molecule has 0 spiro atoms. The van der Waals surface area contributed by atoms with Gasteiger partial charge in [0.25, 0.3) is 5.91 Å². The van der Waals surface area contributed by atoms with Gasteiger partial charge in [0.15, 0.2) is 0 Å².